The maximum atomic E-state index is 6.38. The van der Waals surface area contributed by atoms with Gasteiger partial charge in [0.05, 0.1) is 0 Å². The number of hydrogen-bond donors (Lipinski definition) is 0. The van der Waals surface area contributed by atoms with E-state index in [1.54, 1.807) is 0 Å². The van der Waals surface area contributed by atoms with E-state index in [2.05, 4.69) is 48.5 Å². The highest BCUT2D eigenvalue weighted by Gasteiger charge is 2.55. The van der Waals surface area contributed by atoms with Gasteiger partial charge in [-0.2, -0.15) is 0 Å². The van der Waals surface area contributed by atoms with Gasteiger partial charge in [0.25, 0.3) is 0 Å². The third-order valence-corrected chi connectivity index (χ3v) is 3.98. The highest BCUT2D eigenvalue weighted by molar-refractivity contribution is 6.24. The normalized spacial score (nSPS) is 21.7. The van der Waals surface area contributed by atoms with E-state index in [0.717, 1.165) is 6.42 Å². The lowest BCUT2D eigenvalue weighted by molar-refractivity contribution is 0.849. The molecule has 0 saturated heterocycles. The quantitative estimate of drug-likeness (QED) is 0.682. The molecule has 0 aromatic heterocycles. The van der Waals surface area contributed by atoms with Crippen LogP contribution >= 0.6 is 11.6 Å². The second kappa shape index (κ2) is 3.64. The first-order chi connectivity index (χ1) is 7.84. The maximum Gasteiger partial charge on any atom is 0.0486 e. The molecule has 3 rings (SSSR count). The Morgan fingerprint density at radius 1 is 0.812 bits per heavy atom. The van der Waals surface area contributed by atoms with Gasteiger partial charge >= 0.3 is 0 Å². The molecule has 16 heavy (non-hydrogen) atoms. The van der Waals surface area contributed by atoms with Crippen LogP contribution in [0.15, 0.2) is 60.7 Å². The summed E-state index contributed by atoms with van der Waals surface area (Å²) in [6, 6.07) is 21.1. The van der Waals surface area contributed by atoms with Gasteiger partial charge in [-0.3, -0.25) is 0 Å². The van der Waals surface area contributed by atoms with Gasteiger partial charge in [-0.25, -0.2) is 0 Å². The van der Waals surface area contributed by atoms with Crippen LogP contribution in [0.25, 0.3) is 0 Å². The fourth-order valence-electron chi connectivity index (χ4n) is 2.46. The zero-order valence-electron chi connectivity index (χ0n) is 8.94. The van der Waals surface area contributed by atoms with Crippen LogP contribution in [-0.4, -0.2) is 5.38 Å². The molecule has 1 fully saturated rings. The van der Waals surface area contributed by atoms with Crippen molar-refractivity contribution in [2.45, 2.75) is 17.2 Å². The molecule has 2 aromatic rings. The molecule has 0 amide bonds. The Bertz CT molecular complexity index is 436. The first-order valence-electron chi connectivity index (χ1n) is 5.59. The standard InChI is InChI=1S/C15H13Cl/c16-14-11-15(14,12-7-3-1-4-8-12)13-9-5-2-6-10-13/h1-10,14H,11H2/t14-/m0/s1. The van der Waals surface area contributed by atoms with Gasteiger partial charge in [-0.15, -0.1) is 11.6 Å². The molecular formula is C15H13Cl. The van der Waals surface area contributed by atoms with Crippen molar-refractivity contribution in [3.63, 3.8) is 0 Å². The molecule has 1 aliphatic carbocycles. The van der Waals surface area contributed by atoms with Gasteiger partial charge in [0.2, 0.25) is 0 Å². The summed E-state index contributed by atoms with van der Waals surface area (Å²) >= 11 is 6.38. The Morgan fingerprint density at radius 2 is 1.19 bits per heavy atom. The summed E-state index contributed by atoms with van der Waals surface area (Å²) in [5.41, 5.74) is 2.73. The van der Waals surface area contributed by atoms with Gasteiger partial charge in [-0.05, 0) is 17.5 Å². The highest BCUT2D eigenvalue weighted by atomic mass is 35.5. The maximum absolute atomic E-state index is 6.38. The largest absolute Gasteiger partial charge is 0.122 e. The predicted octanol–water partition coefficient (Wildman–Crippen LogP) is 3.98. The van der Waals surface area contributed by atoms with Crippen molar-refractivity contribution in [3.05, 3.63) is 71.8 Å². The van der Waals surface area contributed by atoms with Crippen LogP contribution in [-0.2, 0) is 5.41 Å². The third kappa shape index (κ3) is 1.37. The summed E-state index contributed by atoms with van der Waals surface area (Å²) in [5, 5.41) is 0.234. The van der Waals surface area contributed by atoms with Gasteiger partial charge in [0, 0.05) is 10.8 Å². The minimum Gasteiger partial charge on any atom is -0.122 e. The van der Waals surface area contributed by atoms with Crippen molar-refractivity contribution in [1.82, 2.24) is 0 Å². The third-order valence-electron chi connectivity index (χ3n) is 3.45. The second-order valence-corrected chi connectivity index (χ2v) is 4.90. The Labute approximate surface area is 101 Å². The van der Waals surface area contributed by atoms with Crippen molar-refractivity contribution in [2.24, 2.45) is 0 Å². The van der Waals surface area contributed by atoms with Gasteiger partial charge < -0.3 is 0 Å². The molecule has 0 unspecified atom stereocenters. The SMILES string of the molecule is Cl[C@H]1CC1(c1ccccc1)c1ccccc1. The van der Waals surface area contributed by atoms with Crippen LogP contribution < -0.4 is 0 Å². The molecule has 0 heterocycles. The minimum atomic E-state index is 0.0596. The molecule has 2 aromatic carbocycles. The number of halogens is 1. The van der Waals surface area contributed by atoms with Crippen LogP contribution in [0.2, 0.25) is 0 Å². The zero-order chi connectivity index (χ0) is 11.0. The minimum absolute atomic E-state index is 0.0596. The van der Waals surface area contributed by atoms with Gasteiger partial charge in [-0.1, -0.05) is 60.7 Å². The van der Waals surface area contributed by atoms with Crippen molar-refractivity contribution < 1.29 is 0 Å². The van der Waals surface area contributed by atoms with E-state index in [0.29, 0.717) is 0 Å². The molecule has 1 saturated carbocycles. The Morgan fingerprint density at radius 3 is 1.50 bits per heavy atom. The molecule has 0 spiro atoms. The van der Waals surface area contributed by atoms with E-state index in [1.807, 2.05) is 12.1 Å². The molecule has 80 valence electrons. The zero-order valence-corrected chi connectivity index (χ0v) is 9.69. The summed E-state index contributed by atoms with van der Waals surface area (Å²) in [4.78, 5) is 0. The molecule has 1 atom stereocenters. The van der Waals surface area contributed by atoms with E-state index in [-0.39, 0.29) is 10.8 Å². The van der Waals surface area contributed by atoms with E-state index in [4.69, 9.17) is 11.6 Å². The highest BCUT2D eigenvalue weighted by Crippen LogP contribution is 2.56. The molecule has 1 heteroatoms. The lowest BCUT2D eigenvalue weighted by Crippen LogP contribution is -2.11. The monoisotopic (exact) mass is 228 g/mol. The van der Waals surface area contributed by atoms with E-state index in [9.17, 15) is 0 Å². The van der Waals surface area contributed by atoms with Crippen LogP contribution in [0, 0.1) is 0 Å². The number of alkyl halides is 1. The Kier molecular flexibility index (Phi) is 2.26. The molecule has 0 aliphatic heterocycles. The molecule has 1 aliphatic rings. The first-order valence-corrected chi connectivity index (χ1v) is 6.03. The van der Waals surface area contributed by atoms with E-state index < -0.39 is 0 Å². The van der Waals surface area contributed by atoms with Crippen LogP contribution in [0.4, 0.5) is 0 Å². The lowest BCUT2D eigenvalue weighted by atomic mass is 9.88. The fourth-order valence-corrected chi connectivity index (χ4v) is 2.95. The summed E-state index contributed by atoms with van der Waals surface area (Å²) in [7, 11) is 0. The molecule has 0 bridgehead atoms. The Balaban J connectivity index is 2.10. The number of rotatable bonds is 2. The van der Waals surface area contributed by atoms with Gasteiger partial charge in [0.1, 0.15) is 0 Å². The molecule has 0 radical (unpaired) electrons. The Hall–Kier alpha value is -1.27. The number of hydrogen-bond acceptors (Lipinski definition) is 0. The van der Waals surface area contributed by atoms with Crippen LogP contribution in [0.1, 0.15) is 17.5 Å². The average molecular weight is 229 g/mol. The summed E-state index contributed by atoms with van der Waals surface area (Å²) < 4.78 is 0. The molecular weight excluding hydrogens is 216 g/mol. The van der Waals surface area contributed by atoms with Crippen LogP contribution in [0.5, 0.6) is 0 Å². The lowest BCUT2D eigenvalue weighted by Gasteiger charge is -2.16. The second-order valence-electron chi connectivity index (χ2n) is 4.38. The van der Waals surface area contributed by atoms with Crippen molar-refractivity contribution in [2.75, 3.05) is 0 Å². The molecule has 0 nitrogen and oxygen atoms in total. The van der Waals surface area contributed by atoms with Crippen molar-refractivity contribution in [3.8, 4) is 0 Å². The summed E-state index contributed by atoms with van der Waals surface area (Å²) in [6.45, 7) is 0. The predicted molar refractivity (Wildman–Crippen MR) is 67.9 cm³/mol. The summed E-state index contributed by atoms with van der Waals surface area (Å²) in [5.74, 6) is 0. The van der Waals surface area contributed by atoms with E-state index >= 15 is 0 Å². The topological polar surface area (TPSA) is 0 Å². The first kappa shape index (κ1) is 9.92. The van der Waals surface area contributed by atoms with Crippen molar-refractivity contribution in [1.29, 1.82) is 0 Å². The van der Waals surface area contributed by atoms with Gasteiger partial charge in [0.15, 0.2) is 0 Å². The fraction of sp³-hybridized carbons (Fsp3) is 0.200. The van der Waals surface area contributed by atoms with E-state index in [1.165, 1.54) is 11.1 Å². The number of benzene rings is 2. The average Bonchev–Trinajstić information content (AvgIpc) is 3.05. The van der Waals surface area contributed by atoms with Crippen molar-refractivity contribution >= 4 is 11.6 Å². The summed E-state index contributed by atoms with van der Waals surface area (Å²) in [6.07, 6.45) is 1.04. The molecule has 0 N–H and O–H groups in total. The van der Waals surface area contributed by atoms with Crippen LogP contribution in [0.3, 0.4) is 0 Å². The smallest absolute Gasteiger partial charge is 0.0486 e.